The van der Waals surface area contributed by atoms with Gasteiger partial charge in [0.05, 0.1) is 11.1 Å². The van der Waals surface area contributed by atoms with Crippen LogP contribution in [0.15, 0.2) is 18.2 Å². The fourth-order valence-electron chi connectivity index (χ4n) is 2.42. The predicted molar refractivity (Wildman–Crippen MR) is 69.0 cm³/mol. The van der Waals surface area contributed by atoms with Crippen LogP contribution in [0.2, 0.25) is 0 Å². The number of halogens is 3. The maximum Gasteiger partial charge on any atom is 0.417 e. The van der Waals surface area contributed by atoms with Crippen LogP contribution in [0.5, 0.6) is 0 Å². The average Bonchev–Trinajstić information content (AvgIpc) is 2.37. The van der Waals surface area contributed by atoms with Gasteiger partial charge in [0.25, 0.3) is 0 Å². The van der Waals surface area contributed by atoms with Crippen molar-refractivity contribution in [3.63, 3.8) is 0 Å². The average molecular weight is 287 g/mol. The number of benzene rings is 1. The number of hydrogen-bond donors (Lipinski definition) is 1. The first-order valence-corrected chi connectivity index (χ1v) is 6.48. The van der Waals surface area contributed by atoms with Gasteiger partial charge >= 0.3 is 12.1 Å². The van der Waals surface area contributed by atoms with E-state index in [2.05, 4.69) is 6.92 Å². The summed E-state index contributed by atoms with van der Waals surface area (Å²) >= 11 is 0. The first-order valence-electron chi connectivity index (χ1n) is 6.48. The Labute approximate surface area is 115 Å². The molecule has 0 saturated carbocycles. The molecule has 0 amide bonds. The third kappa shape index (κ3) is 3.05. The lowest BCUT2D eigenvalue weighted by Gasteiger charge is -2.32. The van der Waals surface area contributed by atoms with E-state index < -0.39 is 23.3 Å². The van der Waals surface area contributed by atoms with Crippen LogP contribution < -0.4 is 4.90 Å². The minimum absolute atomic E-state index is 0.544. The summed E-state index contributed by atoms with van der Waals surface area (Å²) in [5.74, 6) is -0.954. The van der Waals surface area contributed by atoms with E-state index in [-0.39, 0.29) is 0 Å². The summed E-state index contributed by atoms with van der Waals surface area (Å²) in [6, 6.07) is 3.34. The molecule has 0 radical (unpaired) electrons. The van der Waals surface area contributed by atoms with Crippen LogP contribution >= 0.6 is 0 Å². The van der Waals surface area contributed by atoms with E-state index in [1.165, 1.54) is 6.07 Å². The van der Waals surface area contributed by atoms with Crippen molar-refractivity contribution in [3.05, 3.63) is 29.3 Å². The van der Waals surface area contributed by atoms with Crippen LogP contribution in [-0.4, -0.2) is 24.2 Å². The molecule has 1 fully saturated rings. The van der Waals surface area contributed by atoms with Gasteiger partial charge in [-0.25, -0.2) is 4.79 Å². The van der Waals surface area contributed by atoms with Gasteiger partial charge in [-0.15, -0.1) is 0 Å². The number of piperidine rings is 1. The van der Waals surface area contributed by atoms with Gasteiger partial charge in [-0.05, 0) is 37.0 Å². The number of aromatic carboxylic acids is 1. The first-order chi connectivity index (χ1) is 9.29. The largest absolute Gasteiger partial charge is 0.478 e. The Bertz CT molecular complexity index is 506. The van der Waals surface area contributed by atoms with Crippen LogP contribution in [-0.2, 0) is 6.18 Å². The minimum Gasteiger partial charge on any atom is -0.478 e. The lowest BCUT2D eigenvalue weighted by Crippen LogP contribution is -2.33. The molecule has 0 atom stereocenters. The molecular formula is C14H16F3NO2. The van der Waals surface area contributed by atoms with Gasteiger partial charge < -0.3 is 10.0 Å². The molecule has 0 bridgehead atoms. The normalized spacial score (nSPS) is 17.3. The van der Waals surface area contributed by atoms with Crippen LogP contribution in [0, 0.1) is 5.92 Å². The van der Waals surface area contributed by atoms with Gasteiger partial charge in [0, 0.05) is 18.8 Å². The molecule has 1 aliphatic heterocycles. The van der Waals surface area contributed by atoms with Crippen molar-refractivity contribution in [3.8, 4) is 0 Å². The molecule has 0 spiro atoms. The maximum atomic E-state index is 12.8. The Kier molecular flexibility index (Phi) is 3.92. The van der Waals surface area contributed by atoms with Gasteiger partial charge in [0.15, 0.2) is 0 Å². The Hall–Kier alpha value is -1.72. The molecule has 1 aliphatic rings. The molecule has 20 heavy (non-hydrogen) atoms. The summed E-state index contributed by atoms with van der Waals surface area (Å²) < 4.78 is 38.3. The SMILES string of the molecule is CC1CCN(c2ccc(C(F)(F)F)c(C(=O)O)c2)CC1. The smallest absolute Gasteiger partial charge is 0.417 e. The summed E-state index contributed by atoms with van der Waals surface area (Å²) in [5.41, 5.74) is -1.24. The van der Waals surface area contributed by atoms with Crippen molar-refractivity contribution in [2.24, 2.45) is 5.92 Å². The minimum atomic E-state index is -4.65. The van der Waals surface area contributed by atoms with E-state index in [9.17, 15) is 18.0 Å². The molecule has 0 aliphatic carbocycles. The third-order valence-corrected chi connectivity index (χ3v) is 3.69. The molecule has 6 heteroatoms. The van der Waals surface area contributed by atoms with Gasteiger partial charge in [0.2, 0.25) is 0 Å². The number of hydrogen-bond acceptors (Lipinski definition) is 2. The molecule has 1 aromatic rings. The number of alkyl halides is 3. The van der Waals surface area contributed by atoms with Gasteiger partial charge in [0.1, 0.15) is 0 Å². The molecule has 3 nitrogen and oxygen atoms in total. The Morgan fingerprint density at radius 2 is 1.90 bits per heavy atom. The molecule has 1 N–H and O–H groups in total. The monoisotopic (exact) mass is 287 g/mol. The molecular weight excluding hydrogens is 271 g/mol. The molecule has 1 aromatic carbocycles. The van der Waals surface area contributed by atoms with E-state index in [0.717, 1.165) is 38.1 Å². The second kappa shape index (κ2) is 5.34. The zero-order valence-corrected chi connectivity index (χ0v) is 11.1. The summed E-state index contributed by atoms with van der Waals surface area (Å²) in [6.45, 7) is 3.62. The molecule has 110 valence electrons. The second-order valence-corrected chi connectivity index (χ2v) is 5.20. The van der Waals surface area contributed by atoms with E-state index in [4.69, 9.17) is 5.11 Å². The zero-order chi connectivity index (χ0) is 14.9. The van der Waals surface area contributed by atoms with Crippen molar-refractivity contribution < 1.29 is 23.1 Å². The third-order valence-electron chi connectivity index (χ3n) is 3.69. The van der Waals surface area contributed by atoms with Crippen LogP contribution in [0.25, 0.3) is 0 Å². The number of carboxylic acids is 1. The number of rotatable bonds is 2. The van der Waals surface area contributed by atoms with Crippen LogP contribution in [0.4, 0.5) is 18.9 Å². The van der Waals surface area contributed by atoms with Crippen LogP contribution in [0.1, 0.15) is 35.7 Å². The van der Waals surface area contributed by atoms with Gasteiger partial charge in [-0.3, -0.25) is 0 Å². The van der Waals surface area contributed by atoms with Crippen molar-refractivity contribution >= 4 is 11.7 Å². The van der Waals surface area contributed by atoms with Crippen molar-refractivity contribution in [1.29, 1.82) is 0 Å². The predicted octanol–water partition coefficient (Wildman–Crippen LogP) is 3.64. The van der Waals surface area contributed by atoms with Crippen LogP contribution in [0.3, 0.4) is 0 Å². The number of carboxylic acid groups (broad SMARTS) is 1. The zero-order valence-electron chi connectivity index (χ0n) is 11.1. The summed E-state index contributed by atoms with van der Waals surface area (Å²) in [4.78, 5) is 13.0. The van der Waals surface area contributed by atoms with Crippen molar-refractivity contribution in [2.75, 3.05) is 18.0 Å². The highest BCUT2D eigenvalue weighted by molar-refractivity contribution is 5.91. The molecule has 0 aromatic heterocycles. The second-order valence-electron chi connectivity index (χ2n) is 5.20. The topological polar surface area (TPSA) is 40.5 Å². The lowest BCUT2D eigenvalue weighted by molar-refractivity contribution is -0.138. The van der Waals surface area contributed by atoms with E-state index in [1.54, 1.807) is 0 Å². The summed E-state index contributed by atoms with van der Waals surface area (Å²) in [6.07, 6.45) is -2.73. The number of carbonyl (C=O) groups is 1. The standard InChI is InChI=1S/C14H16F3NO2/c1-9-4-6-18(7-5-9)10-2-3-12(14(15,16)17)11(8-10)13(19)20/h2-3,8-9H,4-7H2,1H3,(H,19,20). The maximum absolute atomic E-state index is 12.8. The molecule has 1 saturated heterocycles. The highest BCUT2D eigenvalue weighted by Crippen LogP contribution is 2.34. The molecule has 1 heterocycles. The number of nitrogens with zero attached hydrogens (tertiary/aromatic N) is 1. The van der Waals surface area contributed by atoms with E-state index in [0.29, 0.717) is 11.6 Å². The van der Waals surface area contributed by atoms with Crippen molar-refractivity contribution in [2.45, 2.75) is 25.9 Å². The quantitative estimate of drug-likeness (QED) is 0.902. The number of anilines is 1. The van der Waals surface area contributed by atoms with Gasteiger partial charge in [-0.2, -0.15) is 13.2 Å². The Balaban J connectivity index is 2.33. The highest BCUT2D eigenvalue weighted by Gasteiger charge is 2.35. The summed E-state index contributed by atoms with van der Waals surface area (Å²) in [5, 5.41) is 8.98. The Morgan fingerprint density at radius 3 is 2.40 bits per heavy atom. The summed E-state index contributed by atoms with van der Waals surface area (Å²) in [7, 11) is 0. The lowest BCUT2D eigenvalue weighted by atomic mass is 9.98. The molecule has 2 rings (SSSR count). The molecule has 0 unspecified atom stereocenters. The van der Waals surface area contributed by atoms with E-state index >= 15 is 0 Å². The van der Waals surface area contributed by atoms with Crippen molar-refractivity contribution in [1.82, 2.24) is 0 Å². The fourth-order valence-corrected chi connectivity index (χ4v) is 2.42. The van der Waals surface area contributed by atoms with E-state index in [1.807, 2.05) is 4.90 Å². The Morgan fingerprint density at radius 1 is 1.30 bits per heavy atom. The highest BCUT2D eigenvalue weighted by atomic mass is 19.4. The fraction of sp³-hybridized carbons (Fsp3) is 0.500. The van der Waals surface area contributed by atoms with Gasteiger partial charge in [-0.1, -0.05) is 6.92 Å². The first kappa shape index (κ1) is 14.7.